The fourth-order valence-corrected chi connectivity index (χ4v) is 3.02. The molecule has 0 radical (unpaired) electrons. The van der Waals surface area contributed by atoms with Gasteiger partial charge in [0, 0.05) is 19.6 Å². The van der Waals surface area contributed by atoms with Gasteiger partial charge in [-0.15, -0.1) is 0 Å². The van der Waals surface area contributed by atoms with E-state index in [2.05, 4.69) is 5.32 Å². The molecular formula is C12H22N2O5S. The smallest absolute Gasteiger partial charge is 0.320 e. The van der Waals surface area contributed by atoms with E-state index in [4.69, 9.17) is 4.74 Å². The van der Waals surface area contributed by atoms with Crippen LogP contribution >= 0.6 is 0 Å². The van der Waals surface area contributed by atoms with E-state index in [1.807, 2.05) is 6.92 Å². The summed E-state index contributed by atoms with van der Waals surface area (Å²) in [5.41, 5.74) is 0. The van der Waals surface area contributed by atoms with Crippen LogP contribution < -0.4 is 5.32 Å². The maximum absolute atomic E-state index is 11.5. The van der Waals surface area contributed by atoms with Crippen LogP contribution in [-0.2, 0) is 24.2 Å². The molecule has 8 heteroatoms. The molecule has 0 spiro atoms. The minimum Gasteiger partial charge on any atom is -0.455 e. The minimum absolute atomic E-state index is 0.0256. The Hall–Kier alpha value is -1.15. The summed E-state index contributed by atoms with van der Waals surface area (Å²) in [6.45, 7) is 3.01. The van der Waals surface area contributed by atoms with Crippen molar-refractivity contribution in [3.05, 3.63) is 0 Å². The number of rotatable bonds is 7. The number of esters is 1. The van der Waals surface area contributed by atoms with Crippen molar-refractivity contribution in [2.24, 2.45) is 0 Å². The summed E-state index contributed by atoms with van der Waals surface area (Å²) in [7, 11) is -2.95. The molecule has 1 aliphatic rings. The van der Waals surface area contributed by atoms with Crippen LogP contribution in [-0.4, -0.2) is 69.5 Å². The van der Waals surface area contributed by atoms with Gasteiger partial charge in [-0.3, -0.25) is 14.5 Å². The van der Waals surface area contributed by atoms with Crippen LogP contribution in [0.2, 0.25) is 0 Å². The summed E-state index contributed by atoms with van der Waals surface area (Å²) in [5.74, 6) is -0.682. The SMILES string of the molecule is CCCCNC(=O)COC(=O)CN1CCS(=O)(=O)CC1. The Bertz CT molecular complexity index is 421. The van der Waals surface area contributed by atoms with E-state index in [1.54, 1.807) is 4.90 Å². The van der Waals surface area contributed by atoms with Crippen molar-refractivity contribution >= 4 is 21.7 Å². The number of hydrogen-bond donors (Lipinski definition) is 1. The zero-order chi connectivity index (χ0) is 15.0. The van der Waals surface area contributed by atoms with Gasteiger partial charge in [0.15, 0.2) is 16.4 Å². The molecule has 0 bridgehead atoms. The predicted octanol–water partition coefficient (Wildman–Crippen LogP) is -0.824. The first-order valence-corrected chi connectivity index (χ1v) is 8.60. The maximum atomic E-state index is 11.5. The molecule has 1 saturated heterocycles. The lowest BCUT2D eigenvalue weighted by Gasteiger charge is -2.25. The van der Waals surface area contributed by atoms with Gasteiger partial charge in [-0.05, 0) is 6.42 Å². The van der Waals surface area contributed by atoms with E-state index in [0.717, 1.165) is 12.8 Å². The Balaban J connectivity index is 2.16. The van der Waals surface area contributed by atoms with Crippen LogP contribution in [0.15, 0.2) is 0 Å². The molecule has 1 rings (SSSR count). The van der Waals surface area contributed by atoms with Crippen molar-refractivity contribution in [2.45, 2.75) is 19.8 Å². The van der Waals surface area contributed by atoms with Crippen molar-refractivity contribution in [2.75, 3.05) is 44.3 Å². The Morgan fingerprint density at radius 1 is 1.25 bits per heavy atom. The van der Waals surface area contributed by atoms with Gasteiger partial charge < -0.3 is 10.1 Å². The Morgan fingerprint density at radius 3 is 2.50 bits per heavy atom. The normalized spacial score (nSPS) is 18.4. The number of carbonyl (C=O) groups excluding carboxylic acids is 2. The molecule has 0 aromatic rings. The van der Waals surface area contributed by atoms with Gasteiger partial charge in [-0.1, -0.05) is 13.3 Å². The molecule has 0 aromatic carbocycles. The molecule has 0 atom stereocenters. The van der Waals surface area contributed by atoms with Crippen molar-refractivity contribution in [1.82, 2.24) is 10.2 Å². The van der Waals surface area contributed by atoms with Gasteiger partial charge in [0.2, 0.25) is 0 Å². The fraction of sp³-hybridized carbons (Fsp3) is 0.833. The molecule has 0 unspecified atom stereocenters. The highest BCUT2D eigenvalue weighted by atomic mass is 32.2. The largest absolute Gasteiger partial charge is 0.455 e. The lowest BCUT2D eigenvalue weighted by Crippen LogP contribution is -2.43. The van der Waals surface area contributed by atoms with Crippen LogP contribution in [0.5, 0.6) is 0 Å². The minimum atomic E-state index is -2.95. The predicted molar refractivity (Wildman–Crippen MR) is 74.0 cm³/mol. The third-order valence-corrected chi connectivity index (χ3v) is 4.62. The number of sulfone groups is 1. The molecule has 1 amide bonds. The standard InChI is InChI=1S/C12H22N2O5S/c1-2-3-4-13-11(15)10-19-12(16)9-14-5-7-20(17,18)8-6-14/h2-10H2,1H3,(H,13,15). The second-order valence-electron chi connectivity index (χ2n) is 4.79. The lowest BCUT2D eigenvalue weighted by atomic mass is 10.3. The van der Waals surface area contributed by atoms with Gasteiger partial charge in [-0.25, -0.2) is 8.42 Å². The number of ether oxygens (including phenoxy) is 1. The van der Waals surface area contributed by atoms with Gasteiger partial charge in [0.25, 0.3) is 5.91 Å². The van der Waals surface area contributed by atoms with E-state index in [0.29, 0.717) is 19.6 Å². The third kappa shape index (κ3) is 6.85. The highest BCUT2D eigenvalue weighted by molar-refractivity contribution is 7.91. The van der Waals surface area contributed by atoms with E-state index in [9.17, 15) is 18.0 Å². The summed E-state index contributed by atoms with van der Waals surface area (Å²) < 4.78 is 27.3. The number of unbranched alkanes of at least 4 members (excludes halogenated alkanes) is 1. The summed E-state index contributed by atoms with van der Waals surface area (Å²) in [6.07, 6.45) is 1.87. The average Bonchev–Trinajstić information content (AvgIpc) is 2.39. The molecule has 1 heterocycles. The number of nitrogens with zero attached hydrogens (tertiary/aromatic N) is 1. The van der Waals surface area contributed by atoms with E-state index in [1.165, 1.54) is 0 Å². The first-order chi connectivity index (χ1) is 9.43. The summed E-state index contributed by atoms with van der Waals surface area (Å²) in [6, 6.07) is 0. The molecule has 0 aromatic heterocycles. The van der Waals surface area contributed by atoms with Crippen molar-refractivity contribution in [3.8, 4) is 0 Å². The molecule has 0 aliphatic carbocycles. The van der Waals surface area contributed by atoms with E-state index in [-0.39, 0.29) is 30.6 Å². The fourth-order valence-electron chi connectivity index (χ4n) is 1.74. The third-order valence-electron chi connectivity index (χ3n) is 3.01. The van der Waals surface area contributed by atoms with Crippen LogP contribution in [0.4, 0.5) is 0 Å². The topological polar surface area (TPSA) is 92.8 Å². The highest BCUT2D eigenvalue weighted by Crippen LogP contribution is 2.03. The zero-order valence-electron chi connectivity index (χ0n) is 11.8. The zero-order valence-corrected chi connectivity index (χ0v) is 12.6. The summed E-state index contributed by atoms with van der Waals surface area (Å²) in [4.78, 5) is 24.6. The Kier molecular flexibility index (Phi) is 6.94. The second-order valence-corrected chi connectivity index (χ2v) is 7.10. The quantitative estimate of drug-likeness (QED) is 0.488. The molecular weight excluding hydrogens is 284 g/mol. The van der Waals surface area contributed by atoms with Crippen LogP contribution in [0.1, 0.15) is 19.8 Å². The van der Waals surface area contributed by atoms with Crippen molar-refractivity contribution in [1.29, 1.82) is 0 Å². The first-order valence-electron chi connectivity index (χ1n) is 6.78. The number of amides is 1. The highest BCUT2D eigenvalue weighted by Gasteiger charge is 2.23. The van der Waals surface area contributed by atoms with Crippen molar-refractivity contribution < 1.29 is 22.7 Å². The Morgan fingerprint density at radius 2 is 1.90 bits per heavy atom. The van der Waals surface area contributed by atoms with E-state index < -0.39 is 15.8 Å². The van der Waals surface area contributed by atoms with Crippen molar-refractivity contribution in [3.63, 3.8) is 0 Å². The van der Waals surface area contributed by atoms with Gasteiger partial charge >= 0.3 is 5.97 Å². The summed E-state index contributed by atoms with van der Waals surface area (Å²) >= 11 is 0. The number of nitrogens with one attached hydrogen (secondary N) is 1. The van der Waals surface area contributed by atoms with E-state index >= 15 is 0 Å². The molecule has 1 N–H and O–H groups in total. The lowest BCUT2D eigenvalue weighted by molar-refractivity contribution is -0.149. The number of hydrogen-bond acceptors (Lipinski definition) is 6. The molecule has 0 saturated carbocycles. The van der Waals surface area contributed by atoms with Crippen LogP contribution in [0.25, 0.3) is 0 Å². The second kappa shape index (κ2) is 8.21. The monoisotopic (exact) mass is 306 g/mol. The van der Waals surface area contributed by atoms with Crippen LogP contribution in [0.3, 0.4) is 0 Å². The maximum Gasteiger partial charge on any atom is 0.320 e. The average molecular weight is 306 g/mol. The first kappa shape index (κ1) is 16.9. The van der Waals surface area contributed by atoms with Gasteiger partial charge in [0.05, 0.1) is 18.1 Å². The molecule has 1 fully saturated rings. The Labute approximate surface area is 119 Å². The molecule has 20 heavy (non-hydrogen) atoms. The molecule has 116 valence electrons. The molecule has 1 aliphatic heterocycles. The number of carbonyl (C=O) groups is 2. The van der Waals surface area contributed by atoms with Gasteiger partial charge in [0.1, 0.15) is 0 Å². The van der Waals surface area contributed by atoms with Gasteiger partial charge in [-0.2, -0.15) is 0 Å². The van der Waals surface area contributed by atoms with Crippen LogP contribution in [0, 0.1) is 0 Å². The molecule has 7 nitrogen and oxygen atoms in total. The summed E-state index contributed by atoms with van der Waals surface area (Å²) in [5, 5.41) is 2.64.